The number of hydrogen-bond donors (Lipinski definition) is 1. The number of rotatable bonds is 1. The Morgan fingerprint density at radius 3 is 2.91 bits per heavy atom. The van der Waals surface area contributed by atoms with Gasteiger partial charge in [0.2, 0.25) is 0 Å². The second-order valence-corrected chi connectivity index (χ2v) is 6.69. The zero-order valence-electron chi connectivity index (χ0n) is 13.6. The molecule has 1 saturated heterocycles. The molecule has 0 radical (unpaired) electrons. The van der Waals surface area contributed by atoms with Crippen molar-refractivity contribution in [3.8, 4) is 0 Å². The largest absolute Gasteiger partial charge is 0.444 e. The standard InChI is InChI=1S/C14H21N7O2/c1-14(2,3)23-13(22)20-6-4-5-9(7-20)21-12-10(18-19-21)11(15)16-8-17-12/h8-9H,4-7H2,1-3H3,(H2,15,16,17)/t9-/m1/s1. The zero-order chi connectivity index (χ0) is 16.6. The van der Waals surface area contributed by atoms with E-state index in [2.05, 4.69) is 20.3 Å². The second kappa shape index (κ2) is 5.64. The molecule has 0 bridgehead atoms. The molecule has 23 heavy (non-hydrogen) atoms. The summed E-state index contributed by atoms with van der Waals surface area (Å²) in [5.74, 6) is 0.307. The Kier molecular flexibility index (Phi) is 3.78. The number of nitrogens with zero attached hydrogens (tertiary/aromatic N) is 6. The number of piperidine rings is 1. The number of nitrogens with two attached hydrogens (primary N) is 1. The van der Waals surface area contributed by atoms with Crippen LogP contribution in [0.5, 0.6) is 0 Å². The van der Waals surface area contributed by atoms with Gasteiger partial charge in [0, 0.05) is 13.1 Å². The molecule has 2 aromatic heterocycles. The number of carbonyl (C=O) groups excluding carboxylic acids is 1. The van der Waals surface area contributed by atoms with E-state index in [1.54, 1.807) is 9.58 Å². The van der Waals surface area contributed by atoms with E-state index in [-0.39, 0.29) is 12.1 Å². The van der Waals surface area contributed by atoms with Crippen molar-refractivity contribution in [2.24, 2.45) is 0 Å². The van der Waals surface area contributed by atoms with Crippen molar-refractivity contribution in [1.82, 2.24) is 29.9 Å². The first-order chi connectivity index (χ1) is 10.8. The van der Waals surface area contributed by atoms with Gasteiger partial charge in [-0.2, -0.15) is 0 Å². The Bertz CT molecular complexity index is 721. The average Bonchev–Trinajstić information content (AvgIpc) is 2.91. The maximum atomic E-state index is 12.3. The zero-order valence-corrected chi connectivity index (χ0v) is 13.6. The maximum absolute atomic E-state index is 12.3. The predicted molar refractivity (Wildman–Crippen MR) is 83.6 cm³/mol. The molecule has 2 aromatic rings. The van der Waals surface area contributed by atoms with E-state index < -0.39 is 5.60 Å². The Hall–Kier alpha value is -2.45. The fourth-order valence-electron chi connectivity index (χ4n) is 2.67. The Labute approximate surface area is 133 Å². The second-order valence-electron chi connectivity index (χ2n) is 6.69. The number of anilines is 1. The van der Waals surface area contributed by atoms with Crippen molar-refractivity contribution in [2.45, 2.75) is 45.3 Å². The van der Waals surface area contributed by atoms with Gasteiger partial charge in [-0.3, -0.25) is 0 Å². The van der Waals surface area contributed by atoms with Crippen molar-refractivity contribution in [2.75, 3.05) is 18.8 Å². The third kappa shape index (κ3) is 3.17. The lowest BCUT2D eigenvalue weighted by Crippen LogP contribution is -2.43. The minimum absolute atomic E-state index is 0.00410. The number of ether oxygens (including phenoxy) is 1. The summed E-state index contributed by atoms with van der Waals surface area (Å²) in [6, 6.07) is -0.00410. The Balaban J connectivity index is 1.80. The van der Waals surface area contributed by atoms with Gasteiger partial charge in [0.05, 0.1) is 6.04 Å². The summed E-state index contributed by atoms with van der Waals surface area (Å²) in [5, 5.41) is 8.20. The molecule has 2 N–H and O–H groups in total. The average molecular weight is 319 g/mol. The topological polar surface area (TPSA) is 112 Å². The first-order valence-electron chi connectivity index (χ1n) is 7.64. The predicted octanol–water partition coefficient (Wildman–Crippen LogP) is 1.38. The third-order valence-electron chi connectivity index (χ3n) is 3.68. The lowest BCUT2D eigenvalue weighted by Gasteiger charge is -2.33. The fraction of sp³-hybridized carbons (Fsp3) is 0.643. The van der Waals surface area contributed by atoms with Crippen LogP contribution in [0.3, 0.4) is 0 Å². The summed E-state index contributed by atoms with van der Waals surface area (Å²) in [6.07, 6.45) is 2.85. The number of likely N-dealkylation sites (tertiary alicyclic amines) is 1. The van der Waals surface area contributed by atoms with Crippen LogP contribution in [0.2, 0.25) is 0 Å². The summed E-state index contributed by atoms with van der Waals surface area (Å²) in [4.78, 5) is 22.1. The number of aromatic nitrogens is 5. The molecule has 9 nitrogen and oxygen atoms in total. The van der Waals surface area contributed by atoms with Crippen LogP contribution in [-0.2, 0) is 4.74 Å². The molecule has 0 aromatic carbocycles. The van der Waals surface area contributed by atoms with Gasteiger partial charge >= 0.3 is 6.09 Å². The Morgan fingerprint density at radius 1 is 1.39 bits per heavy atom. The number of hydrogen-bond acceptors (Lipinski definition) is 7. The highest BCUT2D eigenvalue weighted by Crippen LogP contribution is 2.25. The van der Waals surface area contributed by atoms with Gasteiger partial charge < -0.3 is 15.4 Å². The monoisotopic (exact) mass is 319 g/mol. The van der Waals surface area contributed by atoms with E-state index in [4.69, 9.17) is 10.5 Å². The molecule has 1 atom stereocenters. The van der Waals surface area contributed by atoms with Crippen LogP contribution in [0.4, 0.5) is 10.6 Å². The molecule has 3 heterocycles. The van der Waals surface area contributed by atoms with Crippen LogP contribution in [-0.4, -0.2) is 54.6 Å². The highest BCUT2D eigenvalue weighted by atomic mass is 16.6. The molecule has 0 aliphatic carbocycles. The van der Waals surface area contributed by atoms with Gasteiger partial charge in [-0.25, -0.2) is 19.4 Å². The van der Waals surface area contributed by atoms with Crippen LogP contribution >= 0.6 is 0 Å². The lowest BCUT2D eigenvalue weighted by atomic mass is 10.1. The fourth-order valence-corrected chi connectivity index (χ4v) is 2.67. The minimum atomic E-state index is -0.508. The van der Waals surface area contributed by atoms with Crippen molar-refractivity contribution >= 4 is 23.1 Å². The molecule has 1 aliphatic heterocycles. The van der Waals surface area contributed by atoms with Gasteiger partial charge in [0.1, 0.15) is 11.9 Å². The molecular weight excluding hydrogens is 298 g/mol. The number of fused-ring (bicyclic) bond motifs is 1. The molecule has 9 heteroatoms. The van der Waals surface area contributed by atoms with E-state index >= 15 is 0 Å². The molecule has 0 saturated carbocycles. The van der Waals surface area contributed by atoms with Gasteiger partial charge in [0.15, 0.2) is 17.0 Å². The maximum Gasteiger partial charge on any atom is 0.410 e. The summed E-state index contributed by atoms with van der Waals surface area (Å²) in [6.45, 7) is 6.76. The quantitative estimate of drug-likeness (QED) is 0.844. The highest BCUT2D eigenvalue weighted by Gasteiger charge is 2.30. The highest BCUT2D eigenvalue weighted by molar-refractivity contribution is 5.80. The molecule has 0 unspecified atom stereocenters. The summed E-state index contributed by atoms with van der Waals surface area (Å²) >= 11 is 0. The van der Waals surface area contributed by atoms with Gasteiger partial charge in [-0.1, -0.05) is 5.21 Å². The van der Waals surface area contributed by atoms with E-state index in [9.17, 15) is 4.79 Å². The number of nitrogen functional groups attached to an aromatic ring is 1. The number of amides is 1. The molecule has 124 valence electrons. The van der Waals surface area contributed by atoms with Crippen LogP contribution in [0.1, 0.15) is 39.7 Å². The van der Waals surface area contributed by atoms with Crippen LogP contribution in [0.15, 0.2) is 6.33 Å². The SMILES string of the molecule is CC(C)(C)OC(=O)N1CCC[C@@H](n2nnc3c(N)ncnc32)C1. The summed E-state index contributed by atoms with van der Waals surface area (Å²) in [5.41, 5.74) is 6.36. The Morgan fingerprint density at radius 2 is 2.17 bits per heavy atom. The van der Waals surface area contributed by atoms with Crippen LogP contribution in [0.25, 0.3) is 11.2 Å². The van der Waals surface area contributed by atoms with Crippen LogP contribution < -0.4 is 5.73 Å². The third-order valence-corrected chi connectivity index (χ3v) is 3.68. The van der Waals surface area contributed by atoms with Crippen LogP contribution in [0, 0.1) is 0 Å². The molecule has 1 amide bonds. The van der Waals surface area contributed by atoms with Gasteiger partial charge in [0.25, 0.3) is 0 Å². The van der Waals surface area contributed by atoms with Crippen molar-refractivity contribution in [3.05, 3.63) is 6.33 Å². The van der Waals surface area contributed by atoms with Gasteiger partial charge in [-0.05, 0) is 33.6 Å². The lowest BCUT2D eigenvalue weighted by molar-refractivity contribution is 0.0168. The minimum Gasteiger partial charge on any atom is -0.444 e. The normalized spacial score (nSPS) is 19.1. The first-order valence-corrected chi connectivity index (χ1v) is 7.64. The molecule has 1 aliphatic rings. The molecule has 1 fully saturated rings. The van der Waals surface area contributed by atoms with Crippen molar-refractivity contribution in [3.63, 3.8) is 0 Å². The van der Waals surface area contributed by atoms with E-state index in [0.717, 1.165) is 12.8 Å². The van der Waals surface area contributed by atoms with Gasteiger partial charge in [-0.15, -0.1) is 5.10 Å². The summed E-state index contributed by atoms with van der Waals surface area (Å²) < 4.78 is 7.17. The van der Waals surface area contributed by atoms with Crippen molar-refractivity contribution < 1.29 is 9.53 Å². The molecule has 3 rings (SSSR count). The van der Waals surface area contributed by atoms with E-state index in [0.29, 0.717) is 30.1 Å². The molecular formula is C14H21N7O2. The summed E-state index contributed by atoms with van der Waals surface area (Å²) in [7, 11) is 0. The first kappa shape index (κ1) is 15.4. The van der Waals surface area contributed by atoms with E-state index in [1.165, 1.54) is 6.33 Å². The smallest absolute Gasteiger partial charge is 0.410 e. The number of carbonyl (C=O) groups is 1. The van der Waals surface area contributed by atoms with Crippen molar-refractivity contribution in [1.29, 1.82) is 0 Å². The van der Waals surface area contributed by atoms with E-state index in [1.807, 2.05) is 20.8 Å². The molecule has 0 spiro atoms.